The summed E-state index contributed by atoms with van der Waals surface area (Å²) in [6.07, 6.45) is 4.11. The van der Waals surface area contributed by atoms with Gasteiger partial charge in [0.15, 0.2) is 0 Å². The number of hydrogen-bond acceptors (Lipinski definition) is 3. The lowest BCUT2D eigenvalue weighted by molar-refractivity contribution is -0.150. The number of nitrogens with zero attached hydrogens (tertiary/aromatic N) is 1. The smallest absolute Gasteiger partial charge is 0.310 e. The van der Waals surface area contributed by atoms with E-state index in [1.54, 1.807) is 0 Å². The van der Waals surface area contributed by atoms with Crippen LogP contribution in [0.15, 0.2) is 24.4 Å². The van der Waals surface area contributed by atoms with Crippen LogP contribution in [0.4, 0.5) is 0 Å². The van der Waals surface area contributed by atoms with Crippen LogP contribution in [-0.4, -0.2) is 42.1 Å². The summed E-state index contributed by atoms with van der Waals surface area (Å²) in [6, 6.07) is 6.98. The Morgan fingerprint density at radius 3 is 3.14 bits per heavy atom. The van der Waals surface area contributed by atoms with Gasteiger partial charge in [-0.3, -0.25) is 4.79 Å². The molecule has 1 aromatic carbocycles. The highest BCUT2D eigenvalue weighted by molar-refractivity contribution is 5.88. The molecular formula is C18H22N2O2. The minimum Gasteiger partial charge on any atom is -0.466 e. The normalized spacial score (nSPS) is 27.6. The van der Waals surface area contributed by atoms with E-state index in [-0.39, 0.29) is 11.9 Å². The van der Waals surface area contributed by atoms with Gasteiger partial charge in [-0.25, -0.2) is 0 Å². The van der Waals surface area contributed by atoms with Gasteiger partial charge in [-0.05, 0) is 44.0 Å². The van der Waals surface area contributed by atoms with E-state index in [0.29, 0.717) is 18.6 Å². The first-order valence-corrected chi connectivity index (χ1v) is 8.14. The lowest BCUT2D eigenvalue weighted by Crippen LogP contribution is -2.49. The Labute approximate surface area is 130 Å². The van der Waals surface area contributed by atoms with Crippen molar-refractivity contribution in [3.8, 4) is 0 Å². The van der Waals surface area contributed by atoms with Gasteiger partial charge < -0.3 is 14.6 Å². The molecule has 4 heteroatoms. The van der Waals surface area contributed by atoms with Gasteiger partial charge in [0, 0.05) is 35.6 Å². The first kappa shape index (κ1) is 13.8. The summed E-state index contributed by atoms with van der Waals surface area (Å²) in [5.74, 6) is 0.363. The zero-order chi connectivity index (χ0) is 15.3. The van der Waals surface area contributed by atoms with E-state index >= 15 is 0 Å². The Hall–Kier alpha value is -1.81. The summed E-state index contributed by atoms with van der Waals surface area (Å²) in [4.78, 5) is 17.9. The molecule has 4 rings (SSSR count). The predicted octanol–water partition coefficient (Wildman–Crippen LogP) is 2.69. The standard InChI is InChI=1S/C18H22N2O2/c1-3-22-18(21)12-7-14-13-5-4-6-15-17(13)11(9-19-15)8-16(14)20(2)10-12/h4-6,9,12,14,16,19H,3,7-8,10H2,1-2H3/t12-,14?,16+/m0/s1. The van der Waals surface area contributed by atoms with Crippen LogP contribution in [-0.2, 0) is 16.0 Å². The first-order valence-electron chi connectivity index (χ1n) is 8.14. The number of piperidine rings is 1. The van der Waals surface area contributed by atoms with Crippen LogP contribution in [0.3, 0.4) is 0 Å². The molecule has 0 radical (unpaired) electrons. The second-order valence-electron chi connectivity index (χ2n) is 6.59. The van der Waals surface area contributed by atoms with Gasteiger partial charge in [0.2, 0.25) is 0 Å². The highest BCUT2D eigenvalue weighted by atomic mass is 16.5. The summed E-state index contributed by atoms with van der Waals surface area (Å²) in [5.41, 5.74) is 4.02. The number of rotatable bonds is 2. The average molecular weight is 298 g/mol. The molecule has 0 bridgehead atoms. The third-order valence-corrected chi connectivity index (χ3v) is 5.35. The van der Waals surface area contributed by atoms with Crippen molar-refractivity contribution < 1.29 is 9.53 Å². The number of carbonyl (C=O) groups is 1. The third-order valence-electron chi connectivity index (χ3n) is 5.35. The number of aromatic amines is 1. The molecule has 2 aromatic rings. The molecule has 0 spiro atoms. The van der Waals surface area contributed by atoms with Gasteiger partial charge in [0.25, 0.3) is 0 Å². The molecule has 0 amide bonds. The summed E-state index contributed by atoms with van der Waals surface area (Å²) >= 11 is 0. The number of aromatic nitrogens is 1. The average Bonchev–Trinajstić information content (AvgIpc) is 2.93. The van der Waals surface area contributed by atoms with Crippen LogP contribution >= 0.6 is 0 Å². The number of carbonyl (C=O) groups excluding carboxylic acids is 1. The van der Waals surface area contributed by atoms with Crippen LogP contribution in [0.2, 0.25) is 0 Å². The molecule has 3 atom stereocenters. The largest absolute Gasteiger partial charge is 0.466 e. The molecule has 1 aliphatic heterocycles. The molecule has 1 N–H and O–H groups in total. The SMILES string of the molecule is CCOC(=O)[C@H]1CC2c3cccc4[nH]cc(c34)C[C@H]2N(C)C1. The molecule has 1 saturated heterocycles. The fourth-order valence-corrected chi connectivity index (χ4v) is 4.37. The van der Waals surface area contributed by atoms with Gasteiger partial charge >= 0.3 is 5.97 Å². The minimum atomic E-state index is -0.0418. The van der Waals surface area contributed by atoms with E-state index in [2.05, 4.69) is 41.3 Å². The van der Waals surface area contributed by atoms with E-state index < -0.39 is 0 Å². The van der Waals surface area contributed by atoms with Crippen molar-refractivity contribution in [2.75, 3.05) is 20.2 Å². The number of esters is 1. The van der Waals surface area contributed by atoms with Crippen molar-refractivity contribution in [2.45, 2.75) is 31.7 Å². The zero-order valence-electron chi connectivity index (χ0n) is 13.1. The molecule has 2 aliphatic rings. The number of likely N-dealkylation sites (tertiary alicyclic amines) is 1. The second-order valence-corrected chi connectivity index (χ2v) is 6.59. The van der Waals surface area contributed by atoms with Crippen LogP contribution in [0.1, 0.15) is 30.4 Å². The molecule has 1 aliphatic carbocycles. The predicted molar refractivity (Wildman–Crippen MR) is 85.9 cm³/mol. The van der Waals surface area contributed by atoms with Crippen LogP contribution in [0.5, 0.6) is 0 Å². The molecule has 4 nitrogen and oxygen atoms in total. The number of H-pyrrole nitrogens is 1. The maximum Gasteiger partial charge on any atom is 0.310 e. The quantitative estimate of drug-likeness (QED) is 0.867. The number of ether oxygens (including phenoxy) is 1. The van der Waals surface area contributed by atoms with E-state index in [1.165, 1.54) is 22.0 Å². The van der Waals surface area contributed by atoms with Crippen molar-refractivity contribution in [3.05, 3.63) is 35.5 Å². The number of likely N-dealkylation sites (N-methyl/N-ethyl adjacent to an activating group) is 1. The Balaban J connectivity index is 1.73. The Bertz CT molecular complexity index is 721. The first-order chi connectivity index (χ1) is 10.7. The molecule has 1 fully saturated rings. The fraction of sp³-hybridized carbons (Fsp3) is 0.500. The van der Waals surface area contributed by atoms with Crippen molar-refractivity contribution in [2.24, 2.45) is 5.92 Å². The highest BCUT2D eigenvalue weighted by Crippen LogP contribution is 2.44. The lowest BCUT2D eigenvalue weighted by Gasteiger charge is -2.44. The third kappa shape index (κ3) is 1.97. The van der Waals surface area contributed by atoms with E-state index in [1.807, 2.05) is 6.92 Å². The van der Waals surface area contributed by atoms with Gasteiger partial charge in [-0.1, -0.05) is 12.1 Å². The van der Waals surface area contributed by atoms with E-state index in [9.17, 15) is 4.79 Å². The maximum atomic E-state index is 12.2. The Kier molecular flexibility index (Phi) is 3.22. The fourth-order valence-electron chi connectivity index (χ4n) is 4.37. The Morgan fingerprint density at radius 1 is 1.45 bits per heavy atom. The number of benzene rings is 1. The Morgan fingerprint density at radius 2 is 2.32 bits per heavy atom. The molecule has 1 aromatic heterocycles. The van der Waals surface area contributed by atoms with Gasteiger partial charge in [-0.15, -0.1) is 0 Å². The van der Waals surface area contributed by atoms with Crippen LogP contribution in [0.25, 0.3) is 10.9 Å². The van der Waals surface area contributed by atoms with Crippen molar-refractivity contribution in [3.63, 3.8) is 0 Å². The molecule has 2 heterocycles. The molecular weight excluding hydrogens is 276 g/mol. The van der Waals surface area contributed by atoms with Crippen molar-refractivity contribution in [1.29, 1.82) is 0 Å². The summed E-state index contributed by atoms with van der Waals surface area (Å²) in [5, 5.41) is 1.38. The number of fused-ring (bicyclic) bond motifs is 2. The van der Waals surface area contributed by atoms with Gasteiger partial charge in [-0.2, -0.15) is 0 Å². The molecule has 22 heavy (non-hydrogen) atoms. The van der Waals surface area contributed by atoms with Crippen molar-refractivity contribution >= 4 is 16.9 Å². The van der Waals surface area contributed by atoms with E-state index in [4.69, 9.17) is 4.74 Å². The van der Waals surface area contributed by atoms with Gasteiger partial charge in [0.05, 0.1) is 12.5 Å². The van der Waals surface area contributed by atoms with Crippen molar-refractivity contribution in [1.82, 2.24) is 9.88 Å². The van der Waals surface area contributed by atoms with E-state index in [0.717, 1.165) is 19.4 Å². The monoisotopic (exact) mass is 298 g/mol. The summed E-state index contributed by atoms with van der Waals surface area (Å²) in [7, 11) is 2.14. The minimum absolute atomic E-state index is 0.0121. The summed E-state index contributed by atoms with van der Waals surface area (Å²) in [6.45, 7) is 3.14. The number of nitrogens with one attached hydrogen (secondary N) is 1. The highest BCUT2D eigenvalue weighted by Gasteiger charge is 2.41. The second kappa shape index (κ2) is 5.13. The van der Waals surface area contributed by atoms with Crippen LogP contribution in [0, 0.1) is 5.92 Å². The topological polar surface area (TPSA) is 45.3 Å². The number of hydrogen-bond donors (Lipinski definition) is 1. The van der Waals surface area contributed by atoms with Gasteiger partial charge in [0.1, 0.15) is 0 Å². The molecule has 0 saturated carbocycles. The molecule has 1 unspecified atom stereocenters. The zero-order valence-corrected chi connectivity index (χ0v) is 13.1. The maximum absolute atomic E-state index is 12.2. The summed E-state index contributed by atoms with van der Waals surface area (Å²) < 4.78 is 5.27. The molecule has 116 valence electrons. The van der Waals surface area contributed by atoms with Crippen LogP contribution < -0.4 is 0 Å². The lowest BCUT2D eigenvalue weighted by atomic mass is 9.72.